The summed E-state index contributed by atoms with van der Waals surface area (Å²) in [6.45, 7) is 6.53. The molecule has 0 rings (SSSR count). The van der Waals surface area contributed by atoms with E-state index in [0.717, 1.165) is 12.8 Å². The molecule has 0 amide bonds. The smallest absolute Gasteiger partial charge is 0.105 e. The molecule has 2 N–H and O–H groups in total. The second kappa shape index (κ2) is 11.7. The Bertz CT molecular complexity index is 136. The summed E-state index contributed by atoms with van der Waals surface area (Å²) in [5.74, 6) is 0. The molecule has 0 heterocycles. The van der Waals surface area contributed by atoms with Crippen LogP contribution in [0.25, 0.3) is 0 Å². The lowest BCUT2D eigenvalue weighted by Crippen LogP contribution is -2.28. The SMILES string of the molecule is C=CCNC(O)CCCCCCCCC. The van der Waals surface area contributed by atoms with Crippen LogP contribution in [0.4, 0.5) is 0 Å². The molecule has 0 aromatic rings. The predicted octanol–water partition coefficient (Wildman–Crippen LogP) is 3.22. The summed E-state index contributed by atoms with van der Waals surface area (Å²) in [6, 6.07) is 0. The summed E-state index contributed by atoms with van der Waals surface area (Å²) in [5, 5.41) is 12.4. The van der Waals surface area contributed by atoms with Gasteiger partial charge in [0, 0.05) is 6.54 Å². The van der Waals surface area contributed by atoms with Crippen molar-refractivity contribution in [1.29, 1.82) is 0 Å². The Kier molecular flexibility index (Phi) is 11.5. The van der Waals surface area contributed by atoms with Gasteiger partial charge in [-0.05, 0) is 12.8 Å². The maximum absolute atomic E-state index is 9.46. The van der Waals surface area contributed by atoms with Crippen LogP contribution >= 0.6 is 0 Å². The van der Waals surface area contributed by atoms with Gasteiger partial charge in [-0.25, -0.2) is 0 Å². The quantitative estimate of drug-likeness (QED) is 0.314. The van der Waals surface area contributed by atoms with E-state index < -0.39 is 0 Å². The first-order chi connectivity index (χ1) is 7.31. The van der Waals surface area contributed by atoms with E-state index in [9.17, 15) is 5.11 Å². The fraction of sp³-hybridized carbons (Fsp3) is 0.846. The summed E-state index contributed by atoms with van der Waals surface area (Å²) in [6.07, 6.45) is 11.4. The molecule has 15 heavy (non-hydrogen) atoms. The van der Waals surface area contributed by atoms with Gasteiger partial charge in [0.05, 0.1) is 0 Å². The lowest BCUT2D eigenvalue weighted by Gasteiger charge is -2.10. The van der Waals surface area contributed by atoms with Crippen LogP contribution in [0.15, 0.2) is 12.7 Å². The van der Waals surface area contributed by atoms with E-state index in [1.54, 1.807) is 6.08 Å². The molecule has 0 bridgehead atoms. The number of hydrogen-bond acceptors (Lipinski definition) is 2. The monoisotopic (exact) mass is 213 g/mol. The van der Waals surface area contributed by atoms with Crippen molar-refractivity contribution in [1.82, 2.24) is 5.32 Å². The Balaban J connectivity index is 3.05. The highest BCUT2D eigenvalue weighted by molar-refractivity contribution is 4.70. The van der Waals surface area contributed by atoms with Gasteiger partial charge in [0.15, 0.2) is 0 Å². The number of nitrogens with one attached hydrogen (secondary N) is 1. The average Bonchev–Trinajstić information content (AvgIpc) is 2.25. The van der Waals surface area contributed by atoms with E-state index in [1.165, 1.54) is 38.5 Å². The number of aliphatic hydroxyl groups excluding tert-OH is 1. The molecule has 0 aromatic carbocycles. The van der Waals surface area contributed by atoms with E-state index >= 15 is 0 Å². The van der Waals surface area contributed by atoms with E-state index in [2.05, 4.69) is 18.8 Å². The van der Waals surface area contributed by atoms with Gasteiger partial charge in [-0.1, -0.05) is 51.5 Å². The normalized spacial score (nSPS) is 12.7. The van der Waals surface area contributed by atoms with Gasteiger partial charge >= 0.3 is 0 Å². The molecule has 1 unspecified atom stereocenters. The zero-order valence-corrected chi connectivity index (χ0v) is 10.2. The van der Waals surface area contributed by atoms with Crippen molar-refractivity contribution in [2.75, 3.05) is 6.54 Å². The lowest BCUT2D eigenvalue weighted by atomic mass is 10.1. The minimum absolute atomic E-state index is 0.348. The molecule has 2 nitrogen and oxygen atoms in total. The Morgan fingerprint density at radius 3 is 2.33 bits per heavy atom. The summed E-state index contributed by atoms with van der Waals surface area (Å²) in [5.41, 5.74) is 0. The molecule has 0 fully saturated rings. The topological polar surface area (TPSA) is 32.3 Å². The number of unbranched alkanes of at least 4 members (excludes halogenated alkanes) is 6. The number of aliphatic hydroxyl groups is 1. The zero-order valence-electron chi connectivity index (χ0n) is 10.2. The van der Waals surface area contributed by atoms with Crippen LogP contribution in [0, 0.1) is 0 Å². The fourth-order valence-corrected chi connectivity index (χ4v) is 1.62. The molecule has 0 radical (unpaired) electrons. The summed E-state index contributed by atoms with van der Waals surface area (Å²) in [7, 11) is 0. The van der Waals surface area contributed by atoms with Crippen LogP contribution in [0.3, 0.4) is 0 Å². The molecule has 0 spiro atoms. The van der Waals surface area contributed by atoms with Gasteiger partial charge in [0.25, 0.3) is 0 Å². The van der Waals surface area contributed by atoms with Gasteiger partial charge in [-0.2, -0.15) is 0 Å². The minimum Gasteiger partial charge on any atom is -0.379 e. The van der Waals surface area contributed by atoms with Gasteiger partial charge in [-0.15, -0.1) is 6.58 Å². The van der Waals surface area contributed by atoms with Crippen molar-refractivity contribution in [3.8, 4) is 0 Å². The Labute approximate surface area is 94.8 Å². The van der Waals surface area contributed by atoms with E-state index in [1.807, 2.05) is 0 Å². The predicted molar refractivity (Wildman–Crippen MR) is 66.8 cm³/mol. The van der Waals surface area contributed by atoms with E-state index in [-0.39, 0.29) is 6.23 Å². The van der Waals surface area contributed by atoms with Crippen LogP contribution in [0.5, 0.6) is 0 Å². The molecule has 1 atom stereocenters. The molecular formula is C13H27NO. The third-order valence-electron chi connectivity index (χ3n) is 2.58. The second-order valence-corrected chi connectivity index (χ2v) is 4.12. The number of rotatable bonds is 11. The number of hydrogen-bond donors (Lipinski definition) is 2. The van der Waals surface area contributed by atoms with E-state index in [4.69, 9.17) is 0 Å². The maximum Gasteiger partial charge on any atom is 0.105 e. The average molecular weight is 213 g/mol. The van der Waals surface area contributed by atoms with Crippen LogP contribution in [-0.2, 0) is 0 Å². The first-order valence-electron chi connectivity index (χ1n) is 6.33. The third-order valence-corrected chi connectivity index (χ3v) is 2.58. The zero-order chi connectivity index (χ0) is 11.4. The molecule has 0 aliphatic heterocycles. The Morgan fingerprint density at radius 1 is 1.13 bits per heavy atom. The fourth-order valence-electron chi connectivity index (χ4n) is 1.62. The van der Waals surface area contributed by atoms with Crippen LogP contribution in [0.1, 0.15) is 58.3 Å². The second-order valence-electron chi connectivity index (χ2n) is 4.12. The third kappa shape index (κ3) is 11.6. The molecule has 0 aliphatic carbocycles. The lowest BCUT2D eigenvalue weighted by molar-refractivity contribution is 0.129. The van der Waals surface area contributed by atoms with Crippen molar-refractivity contribution < 1.29 is 5.11 Å². The molecular weight excluding hydrogens is 186 g/mol. The highest BCUT2D eigenvalue weighted by Gasteiger charge is 2.00. The Hall–Kier alpha value is -0.340. The van der Waals surface area contributed by atoms with Crippen LogP contribution < -0.4 is 5.32 Å². The first-order valence-corrected chi connectivity index (χ1v) is 6.33. The highest BCUT2D eigenvalue weighted by atomic mass is 16.3. The largest absolute Gasteiger partial charge is 0.379 e. The molecule has 0 saturated heterocycles. The van der Waals surface area contributed by atoms with Gasteiger partial charge in [-0.3, -0.25) is 5.32 Å². The summed E-state index contributed by atoms with van der Waals surface area (Å²) >= 11 is 0. The maximum atomic E-state index is 9.46. The van der Waals surface area contributed by atoms with Crippen molar-refractivity contribution in [2.24, 2.45) is 0 Å². The molecule has 0 saturated carbocycles. The van der Waals surface area contributed by atoms with Gasteiger partial charge in [0.2, 0.25) is 0 Å². The van der Waals surface area contributed by atoms with Gasteiger partial charge < -0.3 is 5.11 Å². The minimum atomic E-state index is -0.348. The van der Waals surface area contributed by atoms with Crippen molar-refractivity contribution in [3.05, 3.63) is 12.7 Å². The summed E-state index contributed by atoms with van der Waals surface area (Å²) in [4.78, 5) is 0. The van der Waals surface area contributed by atoms with Crippen molar-refractivity contribution >= 4 is 0 Å². The highest BCUT2D eigenvalue weighted by Crippen LogP contribution is 2.08. The summed E-state index contributed by atoms with van der Waals surface area (Å²) < 4.78 is 0. The Morgan fingerprint density at radius 2 is 1.73 bits per heavy atom. The van der Waals surface area contributed by atoms with Crippen LogP contribution in [-0.4, -0.2) is 17.9 Å². The van der Waals surface area contributed by atoms with Crippen molar-refractivity contribution in [2.45, 2.75) is 64.5 Å². The van der Waals surface area contributed by atoms with E-state index in [0.29, 0.717) is 6.54 Å². The molecule has 2 heteroatoms. The standard InChI is InChI=1S/C13H27NO/c1-3-5-6-7-8-9-10-11-13(15)14-12-4-2/h4,13-15H,2-3,5-12H2,1H3. The van der Waals surface area contributed by atoms with Crippen LogP contribution in [0.2, 0.25) is 0 Å². The molecule has 90 valence electrons. The van der Waals surface area contributed by atoms with Crippen molar-refractivity contribution in [3.63, 3.8) is 0 Å². The molecule has 0 aliphatic rings. The van der Waals surface area contributed by atoms with Gasteiger partial charge in [0.1, 0.15) is 6.23 Å². The molecule has 0 aromatic heterocycles. The first kappa shape index (κ1) is 14.7.